The van der Waals surface area contributed by atoms with E-state index in [1.165, 1.54) is 47.9 Å². The van der Waals surface area contributed by atoms with Crippen LogP contribution in [0.4, 0.5) is 0 Å². The Labute approximate surface area is 143 Å². The zero-order chi connectivity index (χ0) is 15.6. The quantitative estimate of drug-likeness (QED) is 0.494. The topological polar surface area (TPSA) is 0 Å². The van der Waals surface area contributed by atoms with Crippen LogP contribution in [0, 0.1) is 11.8 Å². The Kier molecular flexibility index (Phi) is 2.86. The molecule has 2 aromatic carbocycles. The van der Waals surface area contributed by atoms with E-state index in [4.69, 9.17) is 11.6 Å². The molecule has 3 aliphatic rings. The highest BCUT2D eigenvalue weighted by atomic mass is 35.5. The lowest BCUT2D eigenvalue weighted by molar-refractivity contribution is 0.284. The smallest absolute Gasteiger partial charge is 0.0487 e. The molecule has 0 N–H and O–H groups in total. The van der Waals surface area contributed by atoms with Gasteiger partial charge in [0.25, 0.3) is 0 Å². The maximum absolute atomic E-state index is 6.64. The molecule has 1 saturated carbocycles. The number of hydrogen-bond donors (Lipinski definition) is 0. The predicted molar refractivity (Wildman–Crippen MR) is 96.9 cm³/mol. The van der Waals surface area contributed by atoms with E-state index in [1.54, 1.807) is 5.57 Å². The molecule has 3 atom stereocenters. The largest absolute Gasteiger partial charge is 0.0837 e. The molecule has 3 aliphatic carbocycles. The molecule has 116 valence electrons. The van der Waals surface area contributed by atoms with Crippen molar-refractivity contribution in [3.05, 3.63) is 70.3 Å². The summed E-state index contributed by atoms with van der Waals surface area (Å²) in [6.45, 7) is 2.38. The number of fused-ring (bicyclic) bond motifs is 8. The zero-order valence-electron chi connectivity index (χ0n) is 13.5. The van der Waals surface area contributed by atoms with Crippen molar-refractivity contribution in [1.29, 1.82) is 0 Å². The van der Waals surface area contributed by atoms with Gasteiger partial charge < -0.3 is 0 Å². The zero-order valence-corrected chi connectivity index (χ0v) is 14.2. The van der Waals surface area contributed by atoms with Gasteiger partial charge in [0.15, 0.2) is 0 Å². The average Bonchev–Trinajstić information content (AvgIpc) is 2.84. The number of allylic oxidation sites excluding steroid dienone is 2. The highest BCUT2D eigenvalue weighted by Gasteiger charge is 2.49. The van der Waals surface area contributed by atoms with Gasteiger partial charge in [0.2, 0.25) is 0 Å². The molecular weight excluding hydrogens is 300 g/mol. The fourth-order valence-electron chi connectivity index (χ4n) is 5.50. The molecular formula is C22H21Cl. The van der Waals surface area contributed by atoms with Crippen LogP contribution in [0.15, 0.2) is 54.1 Å². The lowest BCUT2D eigenvalue weighted by Gasteiger charge is -2.45. The van der Waals surface area contributed by atoms with E-state index in [2.05, 4.69) is 49.4 Å². The number of halogens is 1. The van der Waals surface area contributed by atoms with Crippen LogP contribution in [0.2, 0.25) is 5.02 Å². The summed E-state index contributed by atoms with van der Waals surface area (Å²) in [4.78, 5) is 0. The summed E-state index contributed by atoms with van der Waals surface area (Å²) in [5.41, 5.74) is 7.31. The molecule has 0 saturated heterocycles. The lowest BCUT2D eigenvalue weighted by Crippen LogP contribution is -2.36. The molecule has 23 heavy (non-hydrogen) atoms. The fraction of sp³-hybridized carbons (Fsp3) is 0.364. The van der Waals surface area contributed by atoms with Crippen molar-refractivity contribution in [2.45, 2.75) is 38.0 Å². The summed E-state index contributed by atoms with van der Waals surface area (Å²) in [7, 11) is 0. The molecule has 1 fully saturated rings. The van der Waals surface area contributed by atoms with Crippen molar-refractivity contribution in [2.75, 3.05) is 0 Å². The molecule has 0 nitrogen and oxygen atoms in total. The molecule has 0 aliphatic heterocycles. The minimum Gasteiger partial charge on any atom is -0.0837 e. The number of hydrogen-bond acceptors (Lipinski definition) is 0. The maximum Gasteiger partial charge on any atom is 0.0487 e. The average molecular weight is 321 g/mol. The molecule has 5 rings (SSSR count). The standard InChI is InChI=1S/C22H21Cl/c1-14-11-15-9-10-22(16(12-14)13-15)18-6-3-2-5-17(18)21-19(22)7-4-8-20(21)23/h2-8,12,14-15H,9-11,13H2,1H3. The van der Waals surface area contributed by atoms with Crippen molar-refractivity contribution >= 4 is 11.6 Å². The summed E-state index contributed by atoms with van der Waals surface area (Å²) in [6, 6.07) is 15.4. The molecule has 3 unspecified atom stereocenters. The fourth-order valence-corrected chi connectivity index (χ4v) is 5.78. The van der Waals surface area contributed by atoms with Crippen LogP contribution in [0.1, 0.15) is 43.7 Å². The first-order valence-electron chi connectivity index (χ1n) is 8.80. The number of rotatable bonds is 0. The molecule has 1 spiro atoms. The molecule has 1 heteroatoms. The third-order valence-corrected chi connectivity index (χ3v) is 6.62. The van der Waals surface area contributed by atoms with E-state index >= 15 is 0 Å². The van der Waals surface area contributed by atoms with Crippen LogP contribution in [0.25, 0.3) is 11.1 Å². The van der Waals surface area contributed by atoms with Crippen LogP contribution in [-0.2, 0) is 5.41 Å². The second kappa shape index (κ2) is 4.74. The third-order valence-electron chi connectivity index (χ3n) is 6.30. The summed E-state index contributed by atoms with van der Waals surface area (Å²) in [5.74, 6) is 1.59. The van der Waals surface area contributed by atoms with E-state index < -0.39 is 0 Å². The van der Waals surface area contributed by atoms with Gasteiger partial charge in [-0.15, -0.1) is 0 Å². The highest BCUT2D eigenvalue weighted by Crippen LogP contribution is 2.61. The minimum atomic E-state index is 0.0853. The van der Waals surface area contributed by atoms with Gasteiger partial charge in [-0.1, -0.05) is 66.6 Å². The predicted octanol–water partition coefficient (Wildman–Crippen LogP) is 6.37. The Morgan fingerprint density at radius 3 is 2.78 bits per heavy atom. The molecule has 2 bridgehead atoms. The second-order valence-corrected chi connectivity index (χ2v) is 8.03. The molecule has 0 amide bonds. The monoisotopic (exact) mass is 320 g/mol. The van der Waals surface area contributed by atoms with Gasteiger partial charge in [-0.05, 0) is 60.3 Å². The summed E-state index contributed by atoms with van der Waals surface area (Å²) >= 11 is 6.64. The molecule has 2 aromatic rings. The van der Waals surface area contributed by atoms with Crippen LogP contribution < -0.4 is 0 Å². The van der Waals surface area contributed by atoms with E-state index in [1.807, 2.05) is 6.07 Å². The van der Waals surface area contributed by atoms with Gasteiger partial charge in [-0.2, -0.15) is 0 Å². The second-order valence-electron chi connectivity index (χ2n) is 7.63. The Morgan fingerprint density at radius 1 is 1.04 bits per heavy atom. The van der Waals surface area contributed by atoms with Crippen molar-refractivity contribution in [3.8, 4) is 11.1 Å². The van der Waals surface area contributed by atoms with Crippen LogP contribution in [0.3, 0.4) is 0 Å². The van der Waals surface area contributed by atoms with E-state index in [0.717, 1.165) is 10.9 Å². The van der Waals surface area contributed by atoms with Gasteiger partial charge >= 0.3 is 0 Å². The van der Waals surface area contributed by atoms with Crippen molar-refractivity contribution in [3.63, 3.8) is 0 Å². The van der Waals surface area contributed by atoms with Crippen molar-refractivity contribution in [1.82, 2.24) is 0 Å². The van der Waals surface area contributed by atoms with E-state index in [0.29, 0.717) is 5.92 Å². The highest BCUT2D eigenvalue weighted by molar-refractivity contribution is 6.34. The van der Waals surface area contributed by atoms with Crippen LogP contribution in [0.5, 0.6) is 0 Å². The SMILES string of the molecule is CC1C=C2CC(CCC23c2ccccc2-c2c(Cl)cccc23)C1. The lowest BCUT2D eigenvalue weighted by atomic mass is 9.58. The van der Waals surface area contributed by atoms with Crippen molar-refractivity contribution in [2.24, 2.45) is 11.8 Å². The van der Waals surface area contributed by atoms with Gasteiger partial charge in [-0.3, -0.25) is 0 Å². The Hall–Kier alpha value is -1.53. The Morgan fingerprint density at radius 2 is 1.87 bits per heavy atom. The first kappa shape index (κ1) is 13.9. The van der Waals surface area contributed by atoms with Gasteiger partial charge in [0.05, 0.1) is 0 Å². The van der Waals surface area contributed by atoms with Crippen molar-refractivity contribution < 1.29 is 0 Å². The van der Waals surface area contributed by atoms with Gasteiger partial charge in [-0.25, -0.2) is 0 Å². The first-order valence-corrected chi connectivity index (χ1v) is 9.18. The third kappa shape index (κ3) is 1.73. The van der Waals surface area contributed by atoms with E-state index in [-0.39, 0.29) is 5.41 Å². The molecule has 0 heterocycles. The Bertz CT molecular complexity index is 832. The number of benzene rings is 2. The van der Waals surface area contributed by atoms with Crippen LogP contribution >= 0.6 is 11.6 Å². The van der Waals surface area contributed by atoms with E-state index in [9.17, 15) is 0 Å². The normalized spacial score (nSPS) is 30.8. The minimum absolute atomic E-state index is 0.0853. The molecule has 0 radical (unpaired) electrons. The summed E-state index contributed by atoms with van der Waals surface area (Å²) in [5, 5.41) is 0.901. The summed E-state index contributed by atoms with van der Waals surface area (Å²) in [6.07, 6.45) is 7.78. The Balaban J connectivity index is 1.86. The van der Waals surface area contributed by atoms with Gasteiger partial charge in [0, 0.05) is 16.0 Å². The van der Waals surface area contributed by atoms with Crippen LogP contribution in [-0.4, -0.2) is 0 Å². The van der Waals surface area contributed by atoms with Gasteiger partial charge in [0.1, 0.15) is 0 Å². The molecule has 0 aromatic heterocycles. The maximum atomic E-state index is 6.64. The first-order chi connectivity index (χ1) is 11.2. The summed E-state index contributed by atoms with van der Waals surface area (Å²) < 4.78 is 0.